The summed E-state index contributed by atoms with van der Waals surface area (Å²) in [5.74, 6) is 0. The van der Waals surface area contributed by atoms with Crippen LogP contribution < -0.4 is 0 Å². The maximum atomic E-state index is 5.75. The Morgan fingerprint density at radius 1 is 1.09 bits per heavy atom. The molecule has 60 valence electrons. The third-order valence-electron chi connectivity index (χ3n) is 1.14. The van der Waals surface area contributed by atoms with Gasteiger partial charge in [-0.2, -0.15) is 12.6 Å². The second kappa shape index (κ2) is 3.90. The molecule has 0 spiro atoms. The summed E-state index contributed by atoms with van der Waals surface area (Å²) in [5, 5.41) is 1.42. The second-order valence-electron chi connectivity index (χ2n) is 2.05. The lowest BCUT2D eigenvalue weighted by Crippen LogP contribution is -1.86. The lowest BCUT2D eigenvalue weighted by Gasteiger charge is -1.95. The van der Waals surface area contributed by atoms with Gasteiger partial charge in [-0.25, -0.2) is 0 Å². The maximum absolute atomic E-state index is 5.75. The van der Waals surface area contributed by atoms with Gasteiger partial charge in [0.25, 0.3) is 0 Å². The van der Waals surface area contributed by atoms with Gasteiger partial charge in [0, 0.05) is 10.3 Å². The Bertz CT molecular complexity index is 252. The van der Waals surface area contributed by atoms with E-state index in [4.69, 9.17) is 34.8 Å². The Morgan fingerprint density at radius 3 is 2.36 bits per heavy atom. The molecule has 0 saturated heterocycles. The van der Waals surface area contributed by atoms with Gasteiger partial charge in [0.05, 0.1) is 10.1 Å². The average Bonchev–Trinajstić information content (AvgIpc) is 1.93. The largest absolute Gasteiger partial charge is 0.167 e. The number of halogens is 3. The molecule has 0 aromatic heterocycles. The molecule has 0 aliphatic heterocycles. The number of allylic oxidation sites excluding steroid dienone is 4. The fourth-order valence-electron chi connectivity index (χ4n) is 0.679. The van der Waals surface area contributed by atoms with Crippen LogP contribution in [-0.2, 0) is 0 Å². The third-order valence-corrected chi connectivity index (χ3v) is 2.41. The lowest BCUT2D eigenvalue weighted by atomic mass is 10.4. The first kappa shape index (κ1) is 9.53. The molecule has 0 heterocycles. The molecule has 0 N–H and O–H groups in total. The summed E-state index contributed by atoms with van der Waals surface area (Å²) in [7, 11) is 0. The minimum atomic E-state index is -0.0671. The average molecular weight is 228 g/mol. The first-order chi connectivity index (χ1) is 5.09. The van der Waals surface area contributed by atoms with E-state index >= 15 is 0 Å². The SMILES string of the molecule is SC1C=C(Cl)C=C(Cl)C(Cl)=C1. The minimum Gasteiger partial charge on any atom is -0.167 e. The monoisotopic (exact) mass is 226 g/mol. The van der Waals surface area contributed by atoms with Crippen LogP contribution in [-0.4, -0.2) is 5.25 Å². The number of hydrogen-bond acceptors (Lipinski definition) is 1. The standard InChI is InChI=1S/C7H5Cl3S/c8-4-1-5(11)3-7(10)6(9)2-4/h1-3,5,11H. The van der Waals surface area contributed by atoms with Gasteiger partial charge in [0.2, 0.25) is 0 Å². The van der Waals surface area contributed by atoms with Crippen LogP contribution in [0.15, 0.2) is 33.3 Å². The van der Waals surface area contributed by atoms with Crippen LogP contribution in [0.2, 0.25) is 0 Å². The second-order valence-corrected chi connectivity index (χ2v) is 3.90. The van der Waals surface area contributed by atoms with E-state index in [2.05, 4.69) is 12.6 Å². The van der Waals surface area contributed by atoms with Crippen molar-refractivity contribution in [1.29, 1.82) is 0 Å². The maximum Gasteiger partial charge on any atom is 0.0604 e. The summed E-state index contributed by atoms with van der Waals surface area (Å²) in [4.78, 5) is 0. The van der Waals surface area contributed by atoms with Crippen LogP contribution in [0, 0.1) is 0 Å². The van der Waals surface area contributed by atoms with Gasteiger partial charge in [0.15, 0.2) is 0 Å². The molecule has 0 radical (unpaired) electrons. The van der Waals surface area contributed by atoms with E-state index in [1.807, 2.05) is 0 Å². The summed E-state index contributed by atoms with van der Waals surface area (Å²) < 4.78 is 0. The number of thiol groups is 1. The van der Waals surface area contributed by atoms with Crippen molar-refractivity contribution in [2.45, 2.75) is 5.25 Å². The van der Waals surface area contributed by atoms with Gasteiger partial charge >= 0.3 is 0 Å². The quantitative estimate of drug-likeness (QED) is 0.600. The Balaban J connectivity index is 3.01. The highest BCUT2D eigenvalue weighted by molar-refractivity contribution is 7.81. The van der Waals surface area contributed by atoms with Crippen molar-refractivity contribution in [3.63, 3.8) is 0 Å². The van der Waals surface area contributed by atoms with Crippen molar-refractivity contribution < 1.29 is 0 Å². The Labute approximate surface area is 85.9 Å². The van der Waals surface area contributed by atoms with Gasteiger partial charge in [-0.1, -0.05) is 34.8 Å². The molecule has 1 aliphatic rings. The predicted molar refractivity (Wildman–Crippen MR) is 54.6 cm³/mol. The van der Waals surface area contributed by atoms with Crippen molar-refractivity contribution in [1.82, 2.24) is 0 Å². The molecule has 0 nitrogen and oxygen atoms in total. The summed E-state index contributed by atoms with van der Waals surface area (Å²) in [6, 6.07) is 0. The zero-order chi connectivity index (χ0) is 8.43. The first-order valence-electron chi connectivity index (χ1n) is 2.90. The lowest BCUT2D eigenvalue weighted by molar-refractivity contribution is 1.43. The molecule has 1 atom stereocenters. The summed E-state index contributed by atoms with van der Waals surface area (Å²) in [6.45, 7) is 0. The van der Waals surface area contributed by atoms with Crippen molar-refractivity contribution in [3.05, 3.63) is 33.3 Å². The molecule has 0 amide bonds. The van der Waals surface area contributed by atoms with E-state index in [-0.39, 0.29) is 5.25 Å². The molecule has 0 bridgehead atoms. The van der Waals surface area contributed by atoms with E-state index in [1.54, 1.807) is 18.2 Å². The van der Waals surface area contributed by atoms with E-state index in [0.29, 0.717) is 15.1 Å². The van der Waals surface area contributed by atoms with Crippen LogP contribution in [0.3, 0.4) is 0 Å². The van der Waals surface area contributed by atoms with Gasteiger partial charge in [0.1, 0.15) is 0 Å². The van der Waals surface area contributed by atoms with E-state index < -0.39 is 0 Å². The van der Waals surface area contributed by atoms with Crippen LogP contribution in [0.4, 0.5) is 0 Å². The molecule has 0 saturated carbocycles. The molecule has 11 heavy (non-hydrogen) atoms. The molecule has 1 rings (SSSR count). The highest BCUT2D eigenvalue weighted by Gasteiger charge is 2.07. The van der Waals surface area contributed by atoms with Crippen LogP contribution in [0.1, 0.15) is 0 Å². The highest BCUT2D eigenvalue weighted by atomic mass is 35.5. The summed E-state index contributed by atoms with van der Waals surface area (Å²) in [5.41, 5.74) is 0. The topological polar surface area (TPSA) is 0 Å². The van der Waals surface area contributed by atoms with Crippen molar-refractivity contribution >= 4 is 47.4 Å². The minimum absolute atomic E-state index is 0.0671. The first-order valence-corrected chi connectivity index (χ1v) is 4.55. The van der Waals surface area contributed by atoms with Gasteiger partial charge in [-0.3, -0.25) is 0 Å². The summed E-state index contributed by atoms with van der Waals surface area (Å²) >= 11 is 21.4. The van der Waals surface area contributed by atoms with E-state index in [1.165, 1.54) is 0 Å². The van der Waals surface area contributed by atoms with Gasteiger partial charge in [-0.05, 0) is 18.2 Å². The Hall–Kier alpha value is 0.440. The third kappa shape index (κ3) is 2.75. The predicted octanol–water partition coefficient (Wildman–Crippen LogP) is 3.67. The van der Waals surface area contributed by atoms with Crippen LogP contribution >= 0.6 is 47.4 Å². The van der Waals surface area contributed by atoms with Crippen molar-refractivity contribution in [2.24, 2.45) is 0 Å². The molecular formula is C7H5Cl3S. The zero-order valence-electron chi connectivity index (χ0n) is 5.39. The molecule has 1 aliphatic carbocycles. The number of rotatable bonds is 0. The fraction of sp³-hybridized carbons (Fsp3) is 0.143. The molecule has 0 aromatic carbocycles. The molecule has 4 heteroatoms. The molecule has 1 unspecified atom stereocenters. The Kier molecular flexibility index (Phi) is 3.38. The molecular weight excluding hydrogens is 223 g/mol. The molecule has 0 aromatic rings. The molecule has 0 fully saturated rings. The normalized spacial score (nSPS) is 25.1. The van der Waals surface area contributed by atoms with Crippen molar-refractivity contribution in [3.8, 4) is 0 Å². The number of hydrogen-bond donors (Lipinski definition) is 1. The van der Waals surface area contributed by atoms with Crippen LogP contribution in [0.5, 0.6) is 0 Å². The highest BCUT2D eigenvalue weighted by Crippen LogP contribution is 2.27. The van der Waals surface area contributed by atoms with Gasteiger partial charge in [-0.15, -0.1) is 0 Å². The van der Waals surface area contributed by atoms with Crippen molar-refractivity contribution in [2.75, 3.05) is 0 Å². The smallest absolute Gasteiger partial charge is 0.0604 e. The Morgan fingerprint density at radius 2 is 1.73 bits per heavy atom. The van der Waals surface area contributed by atoms with E-state index in [9.17, 15) is 0 Å². The zero-order valence-corrected chi connectivity index (χ0v) is 8.55. The van der Waals surface area contributed by atoms with Crippen LogP contribution in [0.25, 0.3) is 0 Å². The summed E-state index contributed by atoms with van der Waals surface area (Å²) in [6.07, 6.45) is 5.07. The van der Waals surface area contributed by atoms with Gasteiger partial charge < -0.3 is 0 Å². The van der Waals surface area contributed by atoms with E-state index in [0.717, 1.165) is 0 Å². The fourth-order valence-corrected chi connectivity index (χ4v) is 1.84.